The minimum atomic E-state index is -0.241. The van der Waals surface area contributed by atoms with E-state index in [4.69, 9.17) is 0 Å². The summed E-state index contributed by atoms with van der Waals surface area (Å²) in [6.07, 6.45) is 5.03. The SMILES string of the molecule is O=C(NCCN1CCCC1)N1CCCN(c2ncnc3cc(-c4ccc(F)cc4)sc23)CC1. The van der Waals surface area contributed by atoms with Crippen LogP contribution in [0.1, 0.15) is 19.3 Å². The van der Waals surface area contributed by atoms with Crippen LogP contribution in [0.25, 0.3) is 20.7 Å². The third kappa shape index (κ3) is 5.09. The van der Waals surface area contributed by atoms with Gasteiger partial charge in [-0.2, -0.15) is 0 Å². The topological polar surface area (TPSA) is 64.6 Å². The maximum atomic E-state index is 13.3. The molecule has 2 aromatic heterocycles. The highest BCUT2D eigenvalue weighted by Crippen LogP contribution is 2.37. The van der Waals surface area contributed by atoms with Crippen molar-refractivity contribution in [2.75, 3.05) is 57.3 Å². The third-order valence-electron chi connectivity index (χ3n) is 6.41. The number of rotatable bonds is 5. The first-order valence-electron chi connectivity index (χ1n) is 11.7. The summed E-state index contributed by atoms with van der Waals surface area (Å²) in [5.41, 5.74) is 1.86. The van der Waals surface area contributed by atoms with E-state index in [1.165, 1.54) is 25.0 Å². The predicted octanol–water partition coefficient (Wildman–Crippen LogP) is 3.81. The van der Waals surface area contributed by atoms with Crippen molar-refractivity contribution < 1.29 is 9.18 Å². The van der Waals surface area contributed by atoms with E-state index in [9.17, 15) is 9.18 Å². The van der Waals surface area contributed by atoms with Gasteiger partial charge in [-0.1, -0.05) is 12.1 Å². The van der Waals surface area contributed by atoms with Crippen LogP contribution in [0.5, 0.6) is 0 Å². The van der Waals surface area contributed by atoms with Gasteiger partial charge in [-0.15, -0.1) is 11.3 Å². The number of carbonyl (C=O) groups is 1. The van der Waals surface area contributed by atoms with Gasteiger partial charge in [0, 0.05) is 44.1 Å². The van der Waals surface area contributed by atoms with Gasteiger partial charge in [0.1, 0.15) is 18.0 Å². The number of halogens is 1. The van der Waals surface area contributed by atoms with Gasteiger partial charge in [0.25, 0.3) is 0 Å². The van der Waals surface area contributed by atoms with E-state index in [1.54, 1.807) is 29.8 Å². The van der Waals surface area contributed by atoms with Crippen LogP contribution in [0, 0.1) is 5.82 Å². The van der Waals surface area contributed by atoms with Crippen molar-refractivity contribution in [2.45, 2.75) is 19.3 Å². The lowest BCUT2D eigenvalue weighted by atomic mass is 10.2. The lowest BCUT2D eigenvalue weighted by molar-refractivity contribution is 0.199. The number of amides is 2. The smallest absolute Gasteiger partial charge is 0.317 e. The highest BCUT2D eigenvalue weighted by Gasteiger charge is 2.22. The molecule has 174 valence electrons. The Hall–Kier alpha value is -2.78. The van der Waals surface area contributed by atoms with Crippen LogP contribution in [-0.2, 0) is 0 Å². The predicted molar refractivity (Wildman–Crippen MR) is 130 cm³/mol. The van der Waals surface area contributed by atoms with Gasteiger partial charge in [0.15, 0.2) is 0 Å². The normalized spacial score (nSPS) is 17.5. The van der Waals surface area contributed by atoms with Crippen LogP contribution in [0.15, 0.2) is 36.7 Å². The molecule has 0 atom stereocenters. The number of likely N-dealkylation sites (tertiary alicyclic amines) is 1. The molecule has 5 rings (SSSR count). The Bertz CT molecular complexity index is 1100. The second-order valence-corrected chi connectivity index (χ2v) is 9.69. The molecule has 0 unspecified atom stereocenters. The molecule has 1 N–H and O–H groups in total. The molecule has 2 fully saturated rings. The second kappa shape index (κ2) is 10.0. The number of fused-ring (bicyclic) bond motifs is 1. The monoisotopic (exact) mass is 468 g/mol. The van der Waals surface area contributed by atoms with Crippen molar-refractivity contribution in [2.24, 2.45) is 0 Å². The van der Waals surface area contributed by atoms with Crippen LogP contribution in [-0.4, -0.2) is 78.2 Å². The van der Waals surface area contributed by atoms with Gasteiger partial charge in [0.2, 0.25) is 0 Å². The number of urea groups is 1. The van der Waals surface area contributed by atoms with Gasteiger partial charge >= 0.3 is 6.03 Å². The maximum Gasteiger partial charge on any atom is 0.317 e. The van der Waals surface area contributed by atoms with Gasteiger partial charge in [-0.05, 0) is 56.1 Å². The Morgan fingerprint density at radius 3 is 2.64 bits per heavy atom. The Labute approximate surface area is 197 Å². The summed E-state index contributed by atoms with van der Waals surface area (Å²) in [4.78, 5) is 29.4. The highest BCUT2D eigenvalue weighted by atomic mass is 32.1. The molecule has 7 nitrogen and oxygen atoms in total. The molecular weight excluding hydrogens is 439 g/mol. The van der Waals surface area contributed by atoms with Crippen molar-refractivity contribution in [1.82, 2.24) is 25.1 Å². The number of benzene rings is 1. The zero-order valence-corrected chi connectivity index (χ0v) is 19.5. The van der Waals surface area contributed by atoms with Gasteiger partial charge in [0.05, 0.1) is 10.2 Å². The Kier molecular flexibility index (Phi) is 6.68. The van der Waals surface area contributed by atoms with Crippen molar-refractivity contribution in [3.63, 3.8) is 0 Å². The third-order valence-corrected chi connectivity index (χ3v) is 7.58. The summed E-state index contributed by atoms with van der Waals surface area (Å²) < 4.78 is 14.3. The molecular formula is C24H29FN6OS. The molecule has 0 radical (unpaired) electrons. The Morgan fingerprint density at radius 2 is 1.82 bits per heavy atom. The minimum absolute atomic E-state index is 0.0265. The van der Waals surface area contributed by atoms with E-state index in [0.717, 1.165) is 72.2 Å². The van der Waals surface area contributed by atoms with E-state index < -0.39 is 0 Å². The Morgan fingerprint density at radius 1 is 1.00 bits per heavy atom. The average Bonchev–Trinajstić information content (AvgIpc) is 3.44. The number of aromatic nitrogens is 2. The molecule has 4 heterocycles. The summed E-state index contributed by atoms with van der Waals surface area (Å²) in [6.45, 7) is 6.90. The fourth-order valence-corrected chi connectivity index (χ4v) is 5.73. The zero-order chi connectivity index (χ0) is 22.6. The second-order valence-electron chi connectivity index (χ2n) is 8.64. The van der Waals surface area contributed by atoms with Crippen LogP contribution in [0.3, 0.4) is 0 Å². The number of carbonyl (C=O) groups excluding carboxylic acids is 1. The molecule has 0 spiro atoms. The van der Waals surface area contributed by atoms with Gasteiger partial charge in [-0.25, -0.2) is 19.2 Å². The number of hydrogen-bond acceptors (Lipinski definition) is 6. The lowest BCUT2D eigenvalue weighted by Crippen LogP contribution is -2.44. The van der Waals surface area contributed by atoms with Gasteiger partial charge in [-0.3, -0.25) is 0 Å². The van der Waals surface area contributed by atoms with Crippen molar-refractivity contribution >= 4 is 33.4 Å². The fourth-order valence-electron chi connectivity index (χ4n) is 4.59. The number of thiophene rings is 1. The highest BCUT2D eigenvalue weighted by molar-refractivity contribution is 7.22. The van der Waals surface area contributed by atoms with Crippen molar-refractivity contribution in [1.29, 1.82) is 0 Å². The maximum absolute atomic E-state index is 13.3. The largest absolute Gasteiger partial charge is 0.353 e. The van der Waals surface area contributed by atoms with E-state index in [-0.39, 0.29) is 11.8 Å². The van der Waals surface area contributed by atoms with Crippen molar-refractivity contribution in [3.8, 4) is 10.4 Å². The van der Waals surface area contributed by atoms with Crippen molar-refractivity contribution in [3.05, 3.63) is 42.5 Å². The molecule has 9 heteroatoms. The molecule has 2 amide bonds. The summed E-state index contributed by atoms with van der Waals surface area (Å²) in [6, 6.07) is 8.60. The van der Waals surface area contributed by atoms with Crippen LogP contribution >= 0.6 is 11.3 Å². The molecule has 0 aliphatic carbocycles. The van der Waals surface area contributed by atoms with E-state index >= 15 is 0 Å². The molecule has 33 heavy (non-hydrogen) atoms. The number of anilines is 1. The molecule has 2 aliphatic rings. The van der Waals surface area contributed by atoms with E-state index in [2.05, 4.69) is 25.1 Å². The fraction of sp³-hybridized carbons (Fsp3) is 0.458. The summed E-state index contributed by atoms with van der Waals surface area (Å²) in [7, 11) is 0. The number of nitrogens with zero attached hydrogens (tertiary/aromatic N) is 5. The van der Waals surface area contributed by atoms with Gasteiger partial charge < -0.3 is 20.0 Å². The van der Waals surface area contributed by atoms with E-state index in [0.29, 0.717) is 13.1 Å². The number of nitrogens with one attached hydrogen (secondary N) is 1. The number of hydrogen-bond donors (Lipinski definition) is 1. The van der Waals surface area contributed by atoms with E-state index in [1.807, 2.05) is 11.0 Å². The average molecular weight is 469 g/mol. The van der Waals surface area contributed by atoms with Crippen LogP contribution < -0.4 is 10.2 Å². The van der Waals surface area contributed by atoms with Crippen LogP contribution in [0.4, 0.5) is 15.0 Å². The molecule has 0 saturated carbocycles. The Balaban J connectivity index is 1.24. The molecule has 2 aliphatic heterocycles. The molecule has 0 bridgehead atoms. The zero-order valence-electron chi connectivity index (χ0n) is 18.7. The quantitative estimate of drug-likeness (QED) is 0.617. The summed E-state index contributed by atoms with van der Waals surface area (Å²) in [5, 5.41) is 3.09. The molecule has 3 aromatic rings. The minimum Gasteiger partial charge on any atom is -0.353 e. The first-order chi connectivity index (χ1) is 16.2. The summed E-state index contributed by atoms with van der Waals surface area (Å²) in [5.74, 6) is 0.671. The first-order valence-corrected chi connectivity index (χ1v) is 12.5. The van der Waals surface area contributed by atoms with Crippen LogP contribution in [0.2, 0.25) is 0 Å². The summed E-state index contributed by atoms with van der Waals surface area (Å²) >= 11 is 1.63. The first kappa shape index (κ1) is 22.0. The lowest BCUT2D eigenvalue weighted by Gasteiger charge is -2.23. The molecule has 2 saturated heterocycles. The standard InChI is InChI=1S/C24H29FN6OS/c25-19-6-4-18(5-7-19)21-16-20-22(33-21)23(28-17-27-20)30-11-3-12-31(15-14-30)24(32)26-8-13-29-9-1-2-10-29/h4-7,16-17H,1-3,8-15H2,(H,26,32). The molecule has 1 aromatic carbocycles.